The summed E-state index contributed by atoms with van der Waals surface area (Å²) >= 11 is 0. The zero-order chi connectivity index (χ0) is 13.5. The lowest BCUT2D eigenvalue weighted by molar-refractivity contribution is -0.121. The van der Waals surface area contributed by atoms with E-state index in [0.29, 0.717) is 31.8 Å². The molecule has 1 aromatic rings. The number of ether oxygens (including phenoxy) is 1. The molecule has 0 fully saturated rings. The van der Waals surface area contributed by atoms with Crippen molar-refractivity contribution in [1.82, 2.24) is 20.3 Å². The summed E-state index contributed by atoms with van der Waals surface area (Å²) < 4.78 is 6.38. The van der Waals surface area contributed by atoms with Crippen LogP contribution in [0, 0.1) is 6.92 Å². The second-order valence-corrected chi connectivity index (χ2v) is 3.67. The van der Waals surface area contributed by atoms with E-state index < -0.39 is 5.97 Å². The molecule has 0 saturated heterocycles. The predicted molar refractivity (Wildman–Crippen MR) is 64.0 cm³/mol. The Kier molecular flexibility index (Phi) is 5.29. The fraction of sp³-hybridized carbons (Fsp3) is 0.636. The fourth-order valence-electron chi connectivity index (χ4n) is 1.45. The molecule has 18 heavy (non-hydrogen) atoms. The number of aromatic nitrogens is 3. The third kappa shape index (κ3) is 3.54. The summed E-state index contributed by atoms with van der Waals surface area (Å²) in [5.74, 6) is -0.538. The molecule has 0 aliphatic rings. The number of aryl methyl sites for hydroxylation is 1. The Labute approximate surface area is 105 Å². The third-order valence-corrected chi connectivity index (χ3v) is 2.38. The van der Waals surface area contributed by atoms with Gasteiger partial charge in [0.2, 0.25) is 5.91 Å². The van der Waals surface area contributed by atoms with E-state index in [4.69, 9.17) is 4.74 Å². The molecule has 1 aromatic heterocycles. The largest absolute Gasteiger partial charge is 0.461 e. The van der Waals surface area contributed by atoms with Crippen LogP contribution in [0.4, 0.5) is 0 Å². The van der Waals surface area contributed by atoms with Crippen LogP contribution in [-0.4, -0.2) is 40.0 Å². The van der Waals surface area contributed by atoms with Gasteiger partial charge >= 0.3 is 5.97 Å². The van der Waals surface area contributed by atoms with Crippen molar-refractivity contribution in [3.05, 3.63) is 11.4 Å². The quantitative estimate of drug-likeness (QED) is 0.737. The van der Waals surface area contributed by atoms with Crippen LogP contribution < -0.4 is 5.32 Å². The summed E-state index contributed by atoms with van der Waals surface area (Å²) in [4.78, 5) is 22.8. The van der Waals surface area contributed by atoms with Crippen LogP contribution >= 0.6 is 0 Å². The second-order valence-electron chi connectivity index (χ2n) is 3.67. The molecule has 0 unspecified atom stereocenters. The van der Waals surface area contributed by atoms with Gasteiger partial charge in [-0.3, -0.25) is 4.79 Å². The normalized spacial score (nSPS) is 10.2. The number of hydrogen-bond acceptors (Lipinski definition) is 5. The first-order valence-corrected chi connectivity index (χ1v) is 5.94. The highest BCUT2D eigenvalue weighted by atomic mass is 16.5. The average Bonchev–Trinajstić information content (AvgIpc) is 2.69. The van der Waals surface area contributed by atoms with Crippen LogP contribution in [0.1, 0.15) is 36.5 Å². The lowest BCUT2D eigenvalue weighted by atomic mass is 10.3. The molecule has 1 N–H and O–H groups in total. The number of nitrogens with zero attached hydrogens (tertiary/aromatic N) is 3. The summed E-state index contributed by atoms with van der Waals surface area (Å²) in [5, 5.41) is 10.3. The average molecular weight is 254 g/mol. The summed E-state index contributed by atoms with van der Waals surface area (Å²) in [7, 11) is 0. The van der Waals surface area contributed by atoms with Crippen LogP contribution in [0.2, 0.25) is 0 Å². The van der Waals surface area contributed by atoms with Gasteiger partial charge in [0.05, 0.1) is 18.8 Å². The molecular formula is C11H18N4O3. The Balaban J connectivity index is 2.63. The molecular weight excluding hydrogens is 236 g/mol. The molecule has 0 atom stereocenters. The summed E-state index contributed by atoms with van der Waals surface area (Å²) in [5.41, 5.74) is 0.811. The van der Waals surface area contributed by atoms with Crippen molar-refractivity contribution < 1.29 is 14.3 Å². The van der Waals surface area contributed by atoms with Crippen LogP contribution in [-0.2, 0) is 16.1 Å². The van der Waals surface area contributed by atoms with Gasteiger partial charge in [0, 0.05) is 13.0 Å². The second kappa shape index (κ2) is 6.73. The summed E-state index contributed by atoms with van der Waals surface area (Å²) in [6.45, 7) is 6.60. The van der Waals surface area contributed by atoms with Crippen molar-refractivity contribution >= 4 is 11.9 Å². The van der Waals surface area contributed by atoms with E-state index in [9.17, 15) is 9.59 Å². The van der Waals surface area contributed by atoms with Crippen molar-refractivity contribution in [2.75, 3.05) is 13.2 Å². The minimum Gasteiger partial charge on any atom is -0.461 e. The van der Waals surface area contributed by atoms with E-state index >= 15 is 0 Å². The van der Waals surface area contributed by atoms with E-state index in [0.717, 1.165) is 0 Å². The van der Waals surface area contributed by atoms with Crippen molar-refractivity contribution in [3.8, 4) is 0 Å². The first kappa shape index (κ1) is 14.1. The van der Waals surface area contributed by atoms with Crippen molar-refractivity contribution in [1.29, 1.82) is 0 Å². The van der Waals surface area contributed by atoms with Crippen LogP contribution in [0.25, 0.3) is 0 Å². The maximum absolute atomic E-state index is 11.5. The van der Waals surface area contributed by atoms with Crippen LogP contribution in [0.15, 0.2) is 0 Å². The van der Waals surface area contributed by atoms with Gasteiger partial charge in [0.15, 0.2) is 5.69 Å². The molecule has 1 heterocycles. The first-order valence-electron chi connectivity index (χ1n) is 5.94. The third-order valence-electron chi connectivity index (χ3n) is 2.38. The maximum Gasteiger partial charge on any atom is 0.360 e. The van der Waals surface area contributed by atoms with Gasteiger partial charge in [0.1, 0.15) is 0 Å². The lowest BCUT2D eigenvalue weighted by Crippen LogP contribution is -2.24. The molecule has 7 heteroatoms. The summed E-state index contributed by atoms with van der Waals surface area (Å²) in [6.07, 6.45) is 0.306. The Morgan fingerprint density at radius 1 is 1.39 bits per heavy atom. The van der Waals surface area contributed by atoms with E-state index in [-0.39, 0.29) is 11.6 Å². The molecule has 100 valence electrons. The standard InChI is InChI=1S/C11H18N4O3/c1-4-12-9(16)6-7-15-8(3)10(13-14-15)11(17)18-5-2/h4-7H2,1-3H3,(H,12,16). The SMILES string of the molecule is CCNC(=O)CCn1nnc(C(=O)OCC)c1C. The Hall–Kier alpha value is -1.92. The maximum atomic E-state index is 11.5. The Morgan fingerprint density at radius 3 is 2.72 bits per heavy atom. The van der Waals surface area contributed by atoms with Gasteiger partial charge in [-0.2, -0.15) is 0 Å². The van der Waals surface area contributed by atoms with Crippen LogP contribution in [0.5, 0.6) is 0 Å². The number of hydrogen-bond donors (Lipinski definition) is 1. The zero-order valence-corrected chi connectivity index (χ0v) is 10.9. The molecule has 0 spiro atoms. The molecule has 7 nitrogen and oxygen atoms in total. The van der Waals surface area contributed by atoms with Gasteiger partial charge < -0.3 is 10.1 Å². The number of nitrogens with one attached hydrogen (secondary N) is 1. The number of carbonyl (C=O) groups is 2. The highest BCUT2D eigenvalue weighted by molar-refractivity contribution is 5.88. The van der Waals surface area contributed by atoms with E-state index in [1.54, 1.807) is 13.8 Å². The lowest BCUT2D eigenvalue weighted by Gasteiger charge is -2.04. The number of rotatable bonds is 6. The molecule has 0 aliphatic carbocycles. The van der Waals surface area contributed by atoms with Crippen LogP contribution in [0.3, 0.4) is 0 Å². The summed E-state index contributed by atoms with van der Waals surface area (Å²) in [6, 6.07) is 0. The number of amides is 1. The predicted octanol–water partition coefficient (Wildman–Crippen LogP) is 0.289. The van der Waals surface area contributed by atoms with Crippen molar-refractivity contribution in [2.45, 2.75) is 33.7 Å². The van der Waals surface area contributed by atoms with Gasteiger partial charge in [-0.05, 0) is 20.8 Å². The minimum absolute atomic E-state index is 0.0508. The smallest absolute Gasteiger partial charge is 0.360 e. The molecule has 0 bridgehead atoms. The molecule has 1 amide bonds. The monoisotopic (exact) mass is 254 g/mol. The minimum atomic E-state index is -0.487. The van der Waals surface area contributed by atoms with Gasteiger partial charge in [0.25, 0.3) is 0 Å². The van der Waals surface area contributed by atoms with E-state index in [1.807, 2.05) is 6.92 Å². The van der Waals surface area contributed by atoms with Gasteiger partial charge in [-0.15, -0.1) is 5.10 Å². The van der Waals surface area contributed by atoms with Gasteiger partial charge in [-0.25, -0.2) is 9.48 Å². The number of esters is 1. The zero-order valence-electron chi connectivity index (χ0n) is 10.9. The molecule has 0 aliphatic heterocycles. The van der Waals surface area contributed by atoms with E-state index in [2.05, 4.69) is 15.6 Å². The molecule has 0 radical (unpaired) electrons. The van der Waals surface area contributed by atoms with Crippen molar-refractivity contribution in [2.24, 2.45) is 0 Å². The highest BCUT2D eigenvalue weighted by Gasteiger charge is 2.17. The molecule has 1 rings (SSSR count). The Morgan fingerprint density at radius 2 is 2.11 bits per heavy atom. The topological polar surface area (TPSA) is 86.1 Å². The highest BCUT2D eigenvalue weighted by Crippen LogP contribution is 2.06. The fourth-order valence-corrected chi connectivity index (χ4v) is 1.45. The first-order chi connectivity index (χ1) is 8.60. The Bertz CT molecular complexity index is 428. The molecule has 0 saturated carbocycles. The number of carbonyl (C=O) groups excluding carboxylic acids is 2. The van der Waals surface area contributed by atoms with Gasteiger partial charge in [-0.1, -0.05) is 5.21 Å². The van der Waals surface area contributed by atoms with E-state index in [1.165, 1.54) is 4.68 Å². The van der Waals surface area contributed by atoms with Crippen molar-refractivity contribution in [3.63, 3.8) is 0 Å². The molecule has 0 aromatic carbocycles.